The fourth-order valence-corrected chi connectivity index (χ4v) is 7.08. The van der Waals surface area contributed by atoms with Crippen LogP contribution in [0.15, 0.2) is 96.2 Å². The number of benzene rings is 2. The first kappa shape index (κ1) is 34.8. The minimum atomic E-state index is -1.02. The molecule has 3 aromatic rings. The van der Waals surface area contributed by atoms with Crippen molar-refractivity contribution >= 4 is 28.5 Å². The Labute approximate surface area is 285 Å². The van der Waals surface area contributed by atoms with Crippen LogP contribution in [0.3, 0.4) is 0 Å². The molecule has 1 saturated carbocycles. The van der Waals surface area contributed by atoms with Gasteiger partial charge in [-0.2, -0.15) is 0 Å². The second-order valence-electron chi connectivity index (χ2n) is 12.6. The van der Waals surface area contributed by atoms with Gasteiger partial charge in [-0.15, -0.1) is 0 Å². The molecule has 1 aliphatic carbocycles. The second-order valence-corrected chi connectivity index (χ2v) is 12.6. The number of carbonyl (C=O) groups excluding carboxylic acids is 1. The van der Waals surface area contributed by atoms with Crippen molar-refractivity contribution in [3.05, 3.63) is 107 Å². The predicted molar refractivity (Wildman–Crippen MR) is 194 cm³/mol. The summed E-state index contributed by atoms with van der Waals surface area (Å²) < 4.78 is 5.51. The van der Waals surface area contributed by atoms with Gasteiger partial charge in [0.05, 0.1) is 30.0 Å². The van der Waals surface area contributed by atoms with E-state index in [-0.39, 0.29) is 18.0 Å². The van der Waals surface area contributed by atoms with E-state index in [4.69, 9.17) is 9.72 Å². The Morgan fingerprint density at radius 1 is 0.979 bits per heavy atom. The minimum absolute atomic E-state index is 0.0173. The first-order chi connectivity index (χ1) is 23.4. The van der Waals surface area contributed by atoms with Gasteiger partial charge in [0, 0.05) is 41.9 Å². The van der Waals surface area contributed by atoms with Crippen LogP contribution in [0.1, 0.15) is 69.9 Å². The Balaban J connectivity index is 0.00000221. The van der Waals surface area contributed by atoms with Gasteiger partial charge in [0.25, 0.3) is 0 Å². The van der Waals surface area contributed by atoms with Crippen molar-refractivity contribution in [2.45, 2.75) is 65.7 Å². The Bertz CT molecular complexity index is 1720. The number of carbonyl (C=O) groups is 2. The minimum Gasteiger partial charge on any atom is -0.478 e. The zero-order valence-electron chi connectivity index (χ0n) is 28.7. The molecule has 1 aromatic heterocycles. The van der Waals surface area contributed by atoms with Gasteiger partial charge >= 0.3 is 5.97 Å². The van der Waals surface area contributed by atoms with Crippen LogP contribution in [0.5, 0.6) is 0 Å². The van der Waals surface area contributed by atoms with Crippen LogP contribution in [0.2, 0.25) is 0 Å². The molecule has 252 valence electrons. The standard InChI is InChI=1S/C39H43N3O4.C2H6/c1-3-9-32(39(44)45)24-33-25-34(28-11-6-4-5-7-12-28)38(42(33)26-37(43)41-18-20-46-21-19-41)31-15-17-36-30(23-31)14-16-35(40-36)29-13-8-10-27(2)22-29;1-2/h3,8-10,13-17,22-24,28H,1,4-7,11-12,18-21,25-26H2,2H3,(H,44,45);1-2H3/b32-9+,33-24+;. The molecule has 1 saturated heterocycles. The van der Waals surface area contributed by atoms with Crippen molar-refractivity contribution in [3.8, 4) is 11.3 Å². The number of carboxylic acids is 1. The molecular weight excluding hydrogens is 598 g/mol. The molecule has 1 amide bonds. The van der Waals surface area contributed by atoms with E-state index in [2.05, 4.69) is 73.0 Å². The molecule has 0 unspecified atom stereocenters. The lowest BCUT2D eigenvalue weighted by Crippen LogP contribution is -2.44. The third-order valence-corrected chi connectivity index (χ3v) is 9.44. The SMILES string of the molecule is C=C/C=C(\C=C1/CC(C2CCCCCC2)=C(c2ccc3nc(-c4cccc(C)c4)ccc3c2)N1CC(=O)N1CCOCC1)C(=O)O.CC. The molecule has 1 N–H and O–H groups in total. The Morgan fingerprint density at radius 2 is 1.73 bits per heavy atom. The number of hydrogen-bond acceptors (Lipinski definition) is 5. The molecule has 0 radical (unpaired) electrons. The number of amides is 1. The highest BCUT2D eigenvalue weighted by Crippen LogP contribution is 2.46. The molecule has 2 fully saturated rings. The summed E-state index contributed by atoms with van der Waals surface area (Å²) in [6.07, 6.45) is 12.4. The number of allylic oxidation sites excluding steroid dienone is 3. The third-order valence-electron chi connectivity index (χ3n) is 9.44. The number of aromatic nitrogens is 1. The maximum Gasteiger partial charge on any atom is 0.335 e. The van der Waals surface area contributed by atoms with Crippen LogP contribution in [-0.4, -0.2) is 64.6 Å². The fourth-order valence-electron chi connectivity index (χ4n) is 7.08. The summed E-state index contributed by atoms with van der Waals surface area (Å²) in [5.41, 5.74) is 8.47. The average Bonchev–Trinajstić information content (AvgIpc) is 3.25. The third kappa shape index (κ3) is 8.13. The molecule has 48 heavy (non-hydrogen) atoms. The van der Waals surface area contributed by atoms with E-state index < -0.39 is 5.97 Å². The molecule has 3 aliphatic rings. The van der Waals surface area contributed by atoms with E-state index in [9.17, 15) is 14.7 Å². The van der Waals surface area contributed by atoms with Crippen LogP contribution < -0.4 is 0 Å². The summed E-state index contributed by atoms with van der Waals surface area (Å²) in [7, 11) is 0. The largest absolute Gasteiger partial charge is 0.478 e. The van der Waals surface area contributed by atoms with Gasteiger partial charge in [0.15, 0.2) is 0 Å². The van der Waals surface area contributed by atoms with Crippen LogP contribution in [0.25, 0.3) is 27.9 Å². The van der Waals surface area contributed by atoms with Gasteiger partial charge < -0.3 is 19.6 Å². The molecule has 7 heteroatoms. The van der Waals surface area contributed by atoms with E-state index in [0.717, 1.165) is 52.0 Å². The number of carboxylic acid groups (broad SMARTS) is 1. The molecule has 0 spiro atoms. The van der Waals surface area contributed by atoms with Crippen molar-refractivity contribution in [2.75, 3.05) is 32.8 Å². The second kappa shape index (κ2) is 16.6. The van der Waals surface area contributed by atoms with Crippen molar-refractivity contribution in [2.24, 2.45) is 5.92 Å². The van der Waals surface area contributed by atoms with E-state index in [1.807, 2.05) is 18.7 Å². The fraction of sp³-hybridized carbons (Fsp3) is 0.390. The summed E-state index contributed by atoms with van der Waals surface area (Å²) in [6.45, 7) is 12.1. The number of ether oxygens (including phenoxy) is 1. The number of rotatable bonds is 8. The summed E-state index contributed by atoms with van der Waals surface area (Å²) in [5, 5.41) is 11.0. The van der Waals surface area contributed by atoms with Gasteiger partial charge in [-0.25, -0.2) is 9.78 Å². The molecule has 2 aliphatic heterocycles. The lowest BCUT2D eigenvalue weighted by molar-refractivity contribution is -0.135. The first-order valence-corrected chi connectivity index (χ1v) is 17.5. The number of morpholine rings is 1. The molecule has 6 rings (SSSR count). The van der Waals surface area contributed by atoms with Crippen LogP contribution >= 0.6 is 0 Å². The van der Waals surface area contributed by atoms with Gasteiger partial charge in [-0.1, -0.05) is 88.1 Å². The molecule has 0 bridgehead atoms. The number of fused-ring (bicyclic) bond motifs is 1. The van der Waals surface area contributed by atoms with Crippen molar-refractivity contribution < 1.29 is 19.4 Å². The van der Waals surface area contributed by atoms with E-state index in [0.29, 0.717) is 38.6 Å². The van der Waals surface area contributed by atoms with Crippen molar-refractivity contribution in [1.29, 1.82) is 0 Å². The molecule has 2 aromatic carbocycles. The molecular formula is C41H49N3O4. The summed E-state index contributed by atoms with van der Waals surface area (Å²) in [4.78, 5) is 35.0. The highest BCUT2D eigenvalue weighted by atomic mass is 16.5. The average molecular weight is 648 g/mol. The van der Waals surface area contributed by atoms with Gasteiger partial charge in [0.2, 0.25) is 5.91 Å². The van der Waals surface area contributed by atoms with Gasteiger partial charge in [-0.05, 0) is 73.2 Å². The first-order valence-electron chi connectivity index (χ1n) is 17.5. The zero-order valence-corrected chi connectivity index (χ0v) is 28.7. The Hall–Kier alpha value is -4.49. The molecule has 0 atom stereocenters. The normalized spacial score (nSPS) is 18.5. The number of aryl methyl sites for hydroxylation is 1. The smallest absolute Gasteiger partial charge is 0.335 e. The van der Waals surface area contributed by atoms with E-state index in [1.165, 1.54) is 49.0 Å². The number of pyridine rings is 1. The number of aliphatic carboxylic acids is 1. The van der Waals surface area contributed by atoms with E-state index in [1.54, 1.807) is 6.08 Å². The van der Waals surface area contributed by atoms with Crippen LogP contribution in [-0.2, 0) is 14.3 Å². The van der Waals surface area contributed by atoms with E-state index >= 15 is 0 Å². The maximum atomic E-state index is 13.8. The number of hydrogen-bond donors (Lipinski definition) is 1. The Kier molecular flexibility index (Phi) is 12.0. The molecule has 7 nitrogen and oxygen atoms in total. The quantitative estimate of drug-likeness (QED) is 0.150. The van der Waals surface area contributed by atoms with Crippen LogP contribution in [0.4, 0.5) is 0 Å². The van der Waals surface area contributed by atoms with Gasteiger partial charge in [0.1, 0.15) is 6.54 Å². The summed E-state index contributed by atoms with van der Waals surface area (Å²) in [5.74, 6) is -0.625. The summed E-state index contributed by atoms with van der Waals surface area (Å²) in [6, 6.07) is 18.9. The lowest BCUT2D eigenvalue weighted by Gasteiger charge is -2.31. The zero-order chi connectivity index (χ0) is 34.0. The predicted octanol–water partition coefficient (Wildman–Crippen LogP) is 8.56. The topological polar surface area (TPSA) is 83.0 Å². The highest BCUT2D eigenvalue weighted by Gasteiger charge is 2.35. The summed E-state index contributed by atoms with van der Waals surface area (Å²) >= 11 is 0. The molecule has 3 heterocycles. The Morgan fingerprint density at radius 3 is 2.42 bits per heavy atom. The monoisotopic (exact) mass is 647 g/mol. The van der Waals surface area contributed by atoms with Gasteiger partial charge in [-0.3, -0.25) is 4.79 Å². The van der Waals surface area contributed by atoms with Crippen molar-refractivity contribution in [1.82, 2.24) is 14.8 Å². The highest BCUT2D eigenvalue weighted by molar-refractivity contribution is 5.92. The van der Waals surface area contributed by atoms with Crippen LogP contribution in [0, 0.1) is 12.8 Å². The lowest BCUT2D eigenvalue weighted by atomic mass is 9.87. The maximum absolute atomic E-state index is 13.8. The number of nitrogens with zero attached hydrogens (tertiary/aromatic N) is 3. The van der Waals surface area contributed by atoms with Crippen molar-refractivity contribution in [3.63, 3.8) is 0 Å².